The lowest BCUT2D eigenvalue weighted by Gasteiger charge is -2.48. The van der Waals surface area contributed by atoms with Crippen molar-refractivity contribution in [3.8, 4) is 0 Å². The van der Waals surface area contributed by atoms with Gasteiger partial charge < -0.3 is 9.90 Å². The molecular formula is C16H26N2O4. The van der Waals surface area contributed by atoms with Gasteiger partial charge in [-0.25, -0.2) is 0 Å². The Balaban J connectivity index is 3.29. The fourth-order valence-electron chi connectivity index (χ4n) is 2.70. The SMILES string of the molecule is CCC(=O)CC1N(C(=O)C(C)(C)C)CC=C(C(=O)[O-])[N+]1(C)C. The van der Waals surface area contributed by atoms with E-state index in [-0.39, 0.29) is 34.8 Å². The number of carboxylic acid groups (broad SMARTS) is 1. The molecule has 0 spiro atoms. The lowest BCUT2D eigenvalue weighted by molar-refractivity contribution is -0.889. The maximum absolute atomic E-state index is 12.7. The van der Waals surface area contributed by atoms with E-state index in [2.05, 4.69) is 0 Å². The Bertz CT molecular complexity index is 515. The van der Waals surface area contributed by atoms with E-state index in [4.69, 9.17) is 0 Å². The van der Waals surface area contributed by atoms with Gasteiger partial charge in [-0.2, -0.15) is 0 Å². The average molecular weight is 310 g/mol. The topological polar surface area (TPSA) is 77.5 Å². The molecule has 6 nitrogen and oxygen atoms in total. The van der Waals surface area contributed by atoms with Crippen molar-refractivity contribution in [2.24, 2.45) is 5.41 Å². The lowest BCUT2D eigenvalue weighted by Crippen LogP contribution is -2.65. The summed E-state index contributed by atoms with van der Waals surface area (Å²) >= 11 is 0. The Morgan fingerprint density at radius 1 is 1.32 bits per heavy atom. The van der Waals surface area contributed by atoms with Crippen molar-refractivity contribution < 1.29 is 24.0 Å². The van der Waals surface area contributed by atoms with Gasteiger partial charge in [0.2, 0.25) is 5.91 Å². The maximum Gasteiger partial charge on any atom is 0.232 e. The van der Waals surface area contributed by atoms with Gasteiger partial charge in [-0.05, 0) is 6.08 Å². The Labute approximate surface area is 132 Å². The predicted molar refractivity (Wildman–Crippen MR) is 80.1 cm³/mol. The minimum absolute atomic E-state index is 0.00232. The Kier molecular flexibility index (Phi) is 5.18. The van der Waals surface area contributed by atoms with Gasteiger partial charge in [-0.3, -0.25) is 19.0 Å². The zero-order valence-electron chi connectivity index (χ0n) is 14.3. The van der Waals surface area contributed by atoms with Gasteiger partial charge in [0.15, 0.2) is 11.9 Å². The van der Waals surface area contributed by atoms with Gasteiger partial charge in [0.25, 0.3) is 0 Å². The third-order valence-electron chi connectivity index (χ3n) is 4.12. The third-order valence-corrected chi connectivity index (χ3v) is 4.12. The highest BCUT2D eigenvalue weighted by molar-refractivity contribution is 5.86. The van der Waals surface area contributed by atoms with Crippen LogP contribution in [0, 0.1) is 5.41 Å². The van der Waals surface area contributed by atoms with Crippen molar-refractivity contribution in [2.75, 3.05) is 20.6 Å². The summed E-state index contributed by atoms with van der Waals surface area (Å²) in [5.41, 5.74) is -0.493. The van der Waals surface area contributed by atoms with Crippen molar-refractivity contribution in [1.82, 2.24) is 4.90 Å². The molecule has 0 saturated heterocycles. The van der Waals surface area contributed by atoms with E-state index in [1.54, 1.807) is 25.9 Å². The standard InChI is InChI=1S/C16H26N2O4/c1-7-11(19)10-13-17(15(22)16(2,3)4)9-8-12(14(20)21)18(13,5)6/h8,13H,7,9-10H2,1-6H3. The van der Waals surface area contributed by atoms with Crippen LogP contribution in [0.2, 0.25) is 0 Å². The van der Waals surface area contributed by atoms with Crippen molar-refractivity contribution >= 4 is 17.7 Å². The average Bonchev–Trinajstić information content (AvgIpc) is 2.37. The molecule has 0 fully saturated rings. The van der Waals surface area contributed by atoms with Crippen molar-refractivity contribution in [2.45, 2.75) is 46.7 Å². The summed E-state index contributed by atoms with van der Waals surface area (Å²) in [4.78, 5) is 37.6. The smallest absolute Gasteiger partial charge is 0.232 e. The van der Waals surface area contributed by atoms with Gasteiger partial charge >= 0.3 is 0 Å². The molecule has 1 unspecified atom stereocenters. The van der Waals surface area contributed by atoms with E-state index >= 15 is 0 Å². The second-order valence-electron chi connectivity index (χ2n) is 7.20. The molecule has 0 aromatic heterocycles. The Morgan fingerprint density at radius 2 is 1.86 bits per heavy atom. The van der Waals surface area contributed by atoms with Crippen LogP contribution in [0.25, 0.3) is 0 Å². The van der Waals surface area contributed by atoms with Crippen molar-refractivity contribution in [3.05, 3.63) is 11.8 Å². The zero-order valence-corrected chi connectivity index (χ0v) is 14.3. The van der Waals surface area contributed by atoms with Crippen LogP contribution in [0.3, 0.4) is 0 Å². The largest absolute Gasteiger partial charge is 0.540 e. The number of Topliss-reactive ketones (excluding diaryl/α,β-unsaturated/α-hetero) is 1. The zero-order chi connectivity index (χ0) is 17.3. The molecule has 1 aliphatic rings. The molecule has 22 heavy (non-hydrogen) atoms. The number of ketones is 1. The maximum atomic E-state index is 12.7. The summed E-state index contributed by atoms with van der Waals surface area (Å²) in [6.45, 7) is 7.38. The molecule has 1 atom stereocenters. The first-order chi connectivity index (χ1) is 9.92. The normalized spacial score (nSPS) is 21.3. The molecule has 0 aromatic carbocycles. The predicted octanol–water partition coefficient (Wildman–Crippen LogP) is 0.280. The second kappa shape index (κ2) is 6.20. The highest BCUT2D eigenvalue weighted by Crippen LogP contribution is 2.30. The summed E-state index contributed by atoms with van der Waals surface area (Å²) in [7, 11) is 3.38. The third kappa shape index (κ3) is 3.55. The molecule has 0 aliphatic carbocycles. The number of carbonyl (C=O) groups is 3. The minimum Gasteiger partial charge on any atom is -0.540 e. The summed E-state index contributed by atoms with van der Waals surface area (Å²) < 4.78 is -0.0735. The van der Waals surface area contributed by atoms with Crippen LogP contribution in [-0.4, -0.2) is 53.8 Å². The van der Waals surface area contributed by atoms with Crippen LogP contribution in [0.4, 0.5) is 0 Å². The highest BCUT2D eigenvalue weighted by atomic mass is 16.4. The number of quaternary nitrogens is 1. The molecule has 0 saturated carbocycles. The number of carboxylic acids is 1. The number of likely N-dealkylation sites (N-methyl/N-ethyl adjacent to an activating group) is 1. The number of rotatable bonds is 4. The molecule has 0 radical (unpaired) electrons. The molecule has 1 amide bonds. The molecule has 0 bridgehead atoms. The first kappa shape index (κ1) is 18.4. The van der Waals surface area contributed by atoms with E-state index in [1.807, 2.05) is 20.8 Å². The van der Waals surface area contributed by atoms with Gasteiger partial charge in [0.1, 0.15) is 11.8 Å². The number of hydrogen-bond donors (Lipinski definition) is 0. The first-order valence-corrected chi connectivity index (χ1v) is 7.51. The summed E-state index contributed by atoms with van der Waals surface area (Å²) in [6.07, 6.45) is 1.47. The van der Waals surface area contributed by atoms with Gasteiger partial charge in [-0.1, -0.05) is 27.7 Å². The van der Waals surface area contributed by atoms with E-state index in [0.717, 1.165) is 0 Å². The van der Waals surface area contributed by atoms with Crippen LogP contribution < -0.4 is 5.11 Å². The van der Waals surface area contributed by atoms with Gasteiger partial charge in [-0.15, -0.1) is 0 Å². The number of amides is 1. The van der Waals surface area contributed by atoms with E-state index in [0.29, 0.717) is 6.42 Å². The van der Waals surface area contributed by atoms with E-state index in [1.165, 1.54) is 6.08 Å². The molecule has 1 heterocycles. The van der Waals surface area contributed by atoms with Crippen LogP contribution in [0.5, 0.6) is 0 Å². The monoisotopic (exact) mass is 310 g/mol. The number of nitrogens with zero attached hydrogens (tertiary/aromatic N) is 2. The molecule has 0 N–H and O–H groups in total. The summed E-state index contributed by atoms with van der Waals surface area (Å²) in [5, 5.41) is 11.4. The Morgan fingerprint density at radius 3 is 2.27 bits per heavy atom. The highest BCUT2D eigenvalue weighted by Gasteiger charge is 2.45. The van der Waals surface area contributed by atoms with E-state index < -0.39 is 17.6 Å². The van der Waals surface area contributed by atoms with Crippen molar-refractivity contribution in [1.29, 1.82) is 0 Å². The molecule has 6 heteroatoms. The van der Waals surface area contributed by atoms with Crippen LogP contribution in [-0.2, 0) is 14.4 Å². The number of carbonyl (C=O) groups excluding carboxylic acids is 3. The fraction of sp³-hybridized carbons (Fsp3) is 0.688. The second-order valence-corrected chi connectivity index (χ2v) is 7.20. The molecule has 1 rings (SSSR count). The molecule has 0 aromatic rings. The number of hydrogen-bond acceptors (Lipinski definition) is 4. The fourth-order valence-corrected chi connectivity index (χ4v) is 2.70. The Hall–Kier alpha value is -1.69. The molecular weight excluding hydrogens is 284 g/mol. The van der Waals surface area contributed by atoms with Gasteiger partial charge in [0, 0.05) is 11.8 Å². The van der Waals surface area contributed by atoms with Crippen LogP contribution in [0.1, 0.15) is 40.5 Å². The minimum atomic E-state index is -1.26. The lowest BCUT2D eigenvalue weighted by atomic mass is 9.93. The summed E-state index contributed by atoms with van der Waals surface area (Å²) in [5.74, 6) is -1.36. The van der Waals surface area contributed by atoms with Crippen molar-refractivity contribution in [3.63, 3.8) is 0 Å². The summed E-state index contributed by atoms with van der Waals surface area (Å²) in [6, 6.07) is 0. The molecule has 124 valence electrons. The van der Waals surface area contributed by atoms with Crippen LogP contribution >= 0.6 is 0 Å². The van der Waals surface area contributed by atoms with Crippen LogP contribution in [0.15, 0.2) is 11.8 Å². The molecule has 1 aliphatic heterocycles. The van der Waals surface area contributed by atoms with Gasteiger partial charge in [0.05, 0.1) is 27.1 Å². The number of aliphatic carboxylic acids is 1. The quantitative estimate of drug-likeness (QED) is 0.699. The van der Waals surface area contributed by atoms with E-state index in [9.17, 15) is 19.5 Å². The first-order valence-electron chi connectivity index (χ1n) is 7.51.